The first-order chi connectivity index (χ1) is 12.5. The zero-order chi connectivity index (χ0) is 18.7. The molecule has 0 aliphatic carbocycles. The Labute approximate surface area is 156 Å². The summed E-state index contributed by atoms with van der Waals surface area (Å²) in [6, 6.07) is 4.90. The number of hydrogen-bond acceptors (Lipinski definition) is 6. The molecule has 1 aromatic carbocycles. The molecule has 2 aliphatic rings. The Morgan fingerprint density at radius 3 is 2.58 bits per heavy atom. The Balaban J connectivity index is 1.72. The molecule has 0 N–H and O–H groups in total. The van der Waals surface area contributed by atoms with E-state index in [1.807, 2.05) is 13.8 Å². The lowest BCUT2D eigenvalue weighted by atomic mass is 10.1. The van der Waals surface area contributed by atoms with E-state index in [-0.39, 0.29) is 28.8 Å². The summed E-state index contributed by atoms with van der Waals surface area (Å²) in [7, 11) is 0. The average Bonchev–Trinajstić information content (AvgIpc) is 3.23. The highest BCUT2D eigenvalue weighted by atomic mass is 32.2. The molecule has 2 heterocycles. The largest absolute Gasteiger partial charge is 0.490 e. The molecule has 0 bridgehead atoms. The van der Waals surface area contributed by atoms with Gasteiger partial charge >= 0.3 is 0 Å². The highest BCUT2D eigenvalue weighted by Gasteiger charge is 2.40. The summed E-state index contributed by atoms with van der Waals surface area (Å²) in [5, 5.41) is -0.214. The van der Waals surface area contributed by atoms with Gasteiger partial charge in [0.1, 0.15) is 0 Å². The fourth-order valence-corrected chi connectivity index (χ4v) is 4.00. The number of benzene rings is 1. The molecule has 8 heteroatoms. The molecule has 1 aromatic rings. The first-order valence-electron chi connectivity index (χ1n) is 8.72. The van der Waals surface area contributed by atoms with Gasteiger partial charge in [-0.15, -0.1) is 0 Å². The summed E-state index contributed by atoms with van der Waals surface area (Å²) >= 11 is 1.02. The van der Waals surface area contributed by atoms with Crippen molar-refractivity contribution in [3.8, 4) is 11.5 Å². The molecule has 3 amide bonds. The summed E-state index contributed by atoms with van der Waals surface area (Å²) in [6.07, 6.45) is 0.610. The molecular weight excluding hydrogens is 356 g/mol. The highest BCUT2D eigenvalue weighted by molar-refractivity contribution is 8.14. The van der Waals surface area contributed by atoms with Crippen molar-refractivity contribution in [2.75, 3.05) is 32.1 Å². The number of carbonyl (C=O) groups is 3. The van der Waals surface area contributed by atoms with E-state index >= 15 is 0 Å². The van der Waals surface area contributed by atoms with Crippen molar-refractivity contribution in [2.45, 2.75) is 26.3 Å². The summed E-state index contributed by atoms with van der Waals surface area (Å²) < 4.78 is 11.1. The minimum Gasteiger partial charge on any atom is -0.490 e. The Kier molecular flexibility index (Phi) is 5.70. The van der Waals surface area contributed by atoms with Gasteiger partial charge in [-0.3, -0.25) is 19.3 Å². The third-order valence-electron chi connectivity index (χ3n) is 4.39. The Bertz CT molecular complexity index is 708. The molecule has 3 rings (SSSR count). The zero-order valence-electron chi connectivity index (χ0n) is 14.9. The third-order valence-corrected chi connectivity index (χ3v) is 5.23. The van der Waals surface area contributed by atoms with E-state index in [2.05, 4.69) is 0 Å². The lowest BCUT2D eigenvalue weighted by molar-refractivity contribution is -0.126. The molecule has 2 fully saturated rings. The van der Waals surface area contributed by atoms with Crippen molar-refractivity contribution < 1.29 is 23.9 Å². The molecule has 140 valence electrons. The summed E-state index contributed by atoms with van der Waals surface area (Å²) in [5.74, 6) is 1.04. The van der Waals surface area contributed by atoms with E-state index in [4.69, 9.17) is 9.47 Å². The van der Waals surface area contributed by atoms with Crippen LogP contribution in [0.1, 0.15) is 30.6 Å². The molecule has 1 atom stereocenters. The molecule has 0 radical (unpaired) electrons. The minimum atomic E-state index is -0.233. The van der Waals surface area contributed by atoms with Crippen molar-refractivity contribution in [1.82, 2.24) is 9.80 Å². The predicted octanol–water partition coefficient (Wildman–Crippen LogP) is 2.39. The maximum Gasteiger partial charge on any atom is 0.289 e. The van der Waals surface area contributed by atoms with Crippen LogP contribution in [0.15, 0.2) is 18.2 Å². The monoisotopic (exact) mass is 378 g/mol. The molecule has 0 saturated carbocycles. The lowest BCUT2D eigenvalue weighted by Gasteiger charge is -2.22. The van der Waals surface area contributed by atoms with Crippen LogP contribution in [0.3, 0.4) is 0 Å². The number of rotatable bonds is 6. The minimum absolute atomic E-state index is 0.136. The molecule has 0 aromatic heterocycles. The van der Waals surface area contributed by atoms with Crippen LogP contribution in [0.4, 0.5) is 4.79 Å². The van der Waals surface area contributed by atoms with E-state index in [9.17, 15) is 14.4 Å². The fourth-order valence-electron chi connectivity index (χ4n) is 3.22. The quantitative estimate of drug-likeness (QED) is 0.757. The van der Waals surface area contributed by atoms with Gasteiger partial charge in [0, 0.05) is 18.7 Å². The molecule has 7 nitrogen and oxygen atoms in total. The van der Waals surface area contributed by atoms with E-state index in [0.717, 1.165) is 11.8 Å². The van der Waals surface area contributed by atoms with Crippen LogP contribution in [-0.4, -0.2) is 65.0 Å². The van der Waals surface area contributed by atoms with Crippen molar-refractivity contribution in [3.05, 3.63) is 23.8 Å². The number of carbonyl (C=O) groups excluding carboxylic acids is 3. The second kappa shape index (κ2) is 7.99. The van der Waals surface area contributed by atoms with Gasteiger partial charge in [0.2, 0.25) is 5.91 Å². The Hall–Kier alpha value is -2.22. The van der Waals surface area contributed by atoms with E-state index in [1.165, 1.54) is 4.90 Å². The standard InChI is InChI=1S/C18H22N2O5S/c1-3-24-14-6-5-12(9-15(14)25-4-2)17(22)19-8-7-13(10-19)20-16(21)11-26-18(20)23/h5-6,9,13H,3-4,7-8,10-11H2,1-2H3. The molecule has 2 aliphatic heterocycles. The number of imide groups is 1. The predicted molar refractivity (Wildman–Crippen MR) is 97.8 cm³/mol. The van der Waals surface area contributed by atoms with Gasteiger partial charge in [-0.2, -0.15) is 0 Å². The maximum atomic E-state index is 12.8. The molecule has 0 spiro atoms. The van der Waals surface area contributed by atoms with Crippen molar-refractivity contribution in [2.24, 2.45) is 0 Å². The van der Waals surface area contributed by atoms with Gasteiger partial charge in [-0.05, 0) is 38.5 Å². The van der Waals surface area contributed by atoms with Gasteiger partial charge in [0.05, 0.1) is 25.0 Å². The number of thioether (sulfide) groups is 1. The summed E-state index contributed by atoms with van der Waals surface area (Å²) in [6.45, 7) is 5.63. The first-order valence-corrected chi connectivity index (χ1v) is 9.71. The maximum absolute atomic E-state index is 12.8. The van der Waals surface area contributed by atoms with E-state index in [0.29, 0.717) is 49.8 Å². The Morgan fingerprint density at radius 2 is 1.92 bits per heavy atom. The van der Waals surface area contributed by atoms with Crippen LogP contribution in [-0.2, 0) is 4.79 Å². The average molecular weight is 378 g/mol. The van der Waals surface area contributed by atoms with Crippen molar-refractivity contribution in [1.29, 1.82) is 0 Å². The van der Waals surface area contributed by atoms with E-state index < -0.39 is 0 Å². The SMILES string of the molecule is CCOc1ccc(C(=O)N2CCC(N3C(=O)CSC3=O)C2)cc1OCC. The van der Waals surface area contributed by atoms with Crippen LogP contribution in [0.5, 0.6) is 11.5 Å². The van der Waals surface area contributed by atoms with Gasteiger partial charge < -0.3 is 14.4 Å². The van der Waals surface area contributed by atoms with Crippen molar-refractivity contribution in [3.63, 3.8) is 0 Å². The van der Waals surface area contributed by atoms with Gasteiger partial charge in [-0.25, -0.2) is 0 Å². The molecule has 26 heavy (non-hydrogen) atoms. The fraction of sp³-hybridized carbons (Fsp3) is 0.500. The molecule has 2 saturated heterocycles. The smallest absolute Gasteiger partial charge is 0.289 e. The topological polar surface area (TPSA) is 76.2 Å². The third kappa shape index (κ3) is 3.65. The van der Waals surface area contributed by atoms with Gasteiger partial charge in [-0.1, -0.05) is 11.8 Å². The number of nitrogens with zero attached hydrogens (tertiary/aromatic N) is 2. The van der Waals surface area contributed by atoms with Crippen LogP contribution >= 0.6 is 11.8 Å². The zero-order valence-corrected chi connectivity index (χ0v) is 15.7. The van der Waals surface area contributed by atoms with E-state index in [1.54, 1.807) is 23.1 Å². The number of hydrogen-bond donors (Lipinski definition) is 0. The molecule has 1 unspecified atom stereocenters. The van der Waals surface area contributed by atoms with Crippen molar-refractivity contribution >= 4 is 28.8 Å². The second-order valence-electron chi connectivity index (χ2n) is 6.04. The normalized spacial score (nSPS) is 20.0. The summed E-state index contributed by atoms with van der Waals surface area (Å²) in [4.78, 5) is 39.6. The van der Waals surface area contributed by atoms with Crippen LogP contribution in [0.2, 0.25) is 0 Å². The lowest BCUT2D eigenvalue weighted by Crippen LogP contribution is -2.41. The van der Waals surface area contributed by atoms with Gasteiger partial charge in [0.15, 0.2) is 11.5 Å². The number of likely N-dealkylation sites (tertiary alicyclic amines) is 1. The van der Waals surface area contributed by atoms with Crippen LogP contribution in [0.25, 0.3) is 0 Å². The molecular formula is C18H22N2O5S. The van der Waals surface area contributed by atoms with Crippen LogP contribution in [0, 0.1) is 0 Å². The van der Waals surface area contributed by atoms with Gasteiger partial charge in [0.25, 0.3) is 11.1 Å². The second-order valence-corrected chi connectivity index (χ2v) is 6.97. The number of amides is 3. The summed E-state index contributed by atoms with van der Waals surface area (Å²) in [5.41, 5.74) is 0.506. The Morgan fingerprint density at radius 1 is 1.19 bits per heavy atom. The number of ether oxygens (including phenoxy) is 2. The van der Waals surface area contributed by atoms with Crippen LogP contribution < -0.4 is 9.47 Å². The first kappa shape index (κ1) is 18.6. The highest BCUT2D eigenvalue weighted by Crippen LogP contribution is 2.31.